The minimum atomic E-state index is -0.375. The van der Waals surface area contributed by atoms with Crippen molar-refractivity contribution in [2.45, 2.75) is 25.6 Å². The predicted molar refractivity (Wildman–Crippen MR) is 108 cm³/mol. The highest BCUT2D eigenvalue weighted by molar-refractivity contribution is 7.13. The molecule has 28 heavy (non-hydrogen) atoms. The quantitative estimate of drug-likeness (QED) is 0.542. The summed E-state index contributed by atoms with van der Waals surface area (Å²) < 4.78 is 16.6. The van der Waals surface area contributed by atoms with Crippen LogP contribution in [0.3, 0.4) is 0 Å². The summed E-state index contributed by atoms with van der Waals surface area (Å²) in [5.41, 5.74) is 2.29. The molecule has 3 aromatic rings. The van der Waals surface area contributed by atoms with E-state index >= 15 is 0 Å². The van der Waals surface area contributed by atoms with Crippen LogP contribution >= 0.6 is 11.3 Å². The summed E-state index contributed by atoms with van der Waals surface area (Å²) in [7, 11) is 0. The second kappa shape index (κ2) is 8.99. The molecule has 2 heterocycles. The van der Waals surface area contributed by atoms with E-state index in [1.54, 1.807) is 24.3 Å². The zero-order chi connectivity index (χ0) is 19.2. The van der Waals surface area contributed by atoms with Crippen molar-refractivity contribution in [2.24, 2.45) is 0 Å². The van der Waals surface area contributed by atoms with Crippen LogP contribution in [0.1, 0.15) is 28.9 Å². The minimum absolute atomic E-state index is 0.152. The van der Waals surface area contributed by atoms with Crippen molar-refractivity contribution in [3.8, 4) is 16.3 Å². The maximum Gasteiger partial charge on any atom is 0.338 e. The molecular formula is C22H21NO4S. The Labute approximate surface area is 167 Å². The Morgan fingerprint density at radius 3 is 2.71 bits per heavy atom. The van der Waals surface area contributed by atoms with E-state index in [4.69, 9.17) is 14.2 Å². The van der Waals surface area contributed by atoms with Gasteiger partial charge in [0.15, 0.2) is 0 Å². The van der Waals surface area contributed by atoms with Gasteiger partial charge in [-0.3, -0.25) is 0 Å². The van der Waals surface area contributed by atoms with Crippen molar-refractivity contribution >= 4 is 17.3 Å². The maximum absolute atomic E-state index is 12.3. The van der Waals surface area contributed by atoms with Crippen molar-refractivity contribution in [2.75, 3.05) is 13.2 Å². The molecule has 5 nitrogen and oxygen atoms in total. The maximum atomic E-state index is 12.3. The molecule has 4 rings (SSSR count). The third-order valence-electron chi connectivity index (χ3n) is 4.47. The van der Waals surface area contributed by atoms with Crippen LogP contribution in [0.15, 0.2) is 60.0 Å². The van der Waals surface area contributed by atoms with Crippen LogP contribution in [0.5, 0.6) is 5.75 Å². The number of thiazole rings is 1. The summed E-state index contributed by atoms with van der Waals surface area (Å²) >= 11 is 1.54. The average Bonchev–Trinajstić information content (AvgIpc) is 3.44. The molecule has 0 aliphatic carbocycles. The lowest BCUT2D eigenvalue weighted by Gasteiger charge is -2.11. The van der Waals surface area contributed by atoms with E-state index in [1.807, 2.05) is 35.7 Å². The average molecular weight is 395 g/mol. The molecule has 1 aromatic heterocycles. The normalized spacial score (nSPS) is 16.1. The van der Waals surface area contributed by atoms with Crippen LogP contribution in [-0.2, 0) is 16.1 Å². The Hall–Kier alpha value is -2.70. The largest absolute Gasteiger partial charge is 0.491 e. The highest BCUT2D eigenvalue weighted by atomic mass is 32.1. The van der Waals surface area contributed by atoms with Crippen LogP contribution in [0.4, 0.5) is 0 Å². The fourth-order valence-corrected chi connectivity index (χ4v) is 3.77. The Balaban J connectivity index is 1.28. The van der Waals surface area contributed by atoms with Crippen LogP contribution in [0, 0.1) is 0 Å². The van der Waals surface area contributed by atoms with Crippen molar-refractivity contribution in [3.63, 3.8) is 0 Å². The van der Waals surface area contributed by atoms with Crippen molar-refractivity contribution < 1.29 is 19.0 Å². The molecule has 0 radical (unpaired) electrons. The van der Waals surface area contributed by atoms with E-state index < -0.39 is 0 Å². The summed E-state index contributed by atoms with van der Waals surface area (Å²) in [6.07, 6.45) is 2.29. The molecule has 2 aromatic carbocycles. The van der Waals surface area contributed by atoms with Crippen LogP contribution in [0.25, 0.3) is 10.6 Å². The Bertz CT molecular complexity index is 902. The molecule has 0 unspecified atom stereocenters. The number of carbonyl (C=O) groups is 1. The van der Waals surface area contributed by atoms with Gasteiger partial charge in [0.05, 0.1) is 17.4 Å². The zero-order valence-electron chi connectivity index (χ0n) is 15.4. The molecule has 1 fully saturated rings. The lowest BCUT2D eigenvalue weighted by Crippen LogP contribution is -2.16. The minimum Gasteiger partial charge on any atom is -0.491 e. The van der Waals surface area contributed by atoms with Gasteiger partial charge in [0, 0.05) is 17.6 Å². The Morgan fingerprint density at radius 2 is 1.96 bits per heavy atom. The summed E-state index contributed by atoms with van der Waals surface area (Å²) in [5, 5.41) is 2.83. The Morgan fingerprint density at radius 1 is 1.14 bits per heavy atom. The van der Waals surface area contributed by atoms with Crippen LogP contribution in [0.2, 0.25) is 0 Å². The number of benzene rings is 2. The molecule has 6 heteroatoms. The van der Waals surface area contributed by atoms with E-state index in [2.05, 4.69) is 4.98 Å². The van der Waals surface area contributed by atoms with Gasteiger partial charge in [-0.2, -0.15) is 0 Å². The first-order valence-electron chi connectivity index (χ1n) is 9.29. The number of hydrogen-bond donors (Lipinski definition) is 0. The summed E-state index contributed by atoms with van der Waals surface area (Å²) in [5.74, 6) is 0.346. The molecule has 1 atom stereocenters. The first kappa shape index (κ1) is 18.7. The Kier molecular flexibility index (Phi) is 5.99. The van der Waals surface area contributed by atoms with Crippen LogP contribution in [-0.4, -0.2) is 30.3 Å². The monoisotopic (exact) mass is 395 g/mol. The second-order valence-electron chi connectivity index (χ2n) is 6.56. The summed E-state index contributed by atoms with van der Waals surface area (Å²) in [4.78, 5) is 16.8. The van der Waals surface area contributed by atoms with Crippen LogP contribution < -0.4 is 4.74 Å². The van der Waals surface area contributed by atoms with Gasteiger partial charge < -0.3 is 14.2 Å². The number of hydrogen-bond acceptors (Lipinski definition) is 6. The highest BCUT2D eigenvalue weighted by Crippen LogP contribution is 2.24. The molecule has 0 saturated carbocycles. The zero-order valence-corrected chi connectivity index (χ0v) is 16.2. The van der Waals surface area contributed by atoms with Crippen molar-refractivity contribution in [1.82, 2.24) is 4.98 Å². The summed E-state index contributed by atoms with van der Waals surface area (Å²) in [6, 6.07) is 16.9. The fraction of sp³-hybridized carbons (Fsp3) is 0.273. The fourth-order valence-electron chi connectivity index (χ4n) is 2.96. The van der Waals surface area contributed by atoms with E-state index in [0.717, 1.165) is 41.5 Å². The molecular weight excluding hydrogens is 374 g/mol. The lowest BCUT2D eigenvalue weighted by atomic mass is 10.2. The number of carbonyl (C=O) groups excluding carboxylic acids is 1. The molecule has 0 bridgehead atoms. The van der Waals surface area contributed by atoms with Gasteiger partial charge in [-0.05, 0) is 37.1 Å². The van der Waals surface area contributed by atoms with Gasteiger partial charge in [-0.1, -0.05) is 30.3 Å². The molecule has 1 aliphatic rings. The highest BCUT2D eigenvalue weighted by Gasteiger charge is 2.16. The third-order valence-corrected chi connectivity index (χ3v) is 5.41. The van der Waals surface area contributed by atoms with E-state index in [-0.39, 0.29) is 18.7 Å². The summed E-state index contributed by atoms with van der Waals surface area (Å²) in [6.45, 7) is 1.50. The molecule has 0 amide bonds. The lowest BCUT2D eigenvalue weighted by molar-refractivity contribution is 0.0468. The second-order valence-corrected chi connectivity index (χ2v) is 7.41. The molecule has 0 N–H and O–H groups in total. The van der Waals surface area contributed by atoms with E-state index in [9.17, 15) is 4.79 Å². The molecule has 1 saturated heterocycles. The first-order chi connectivity index (χ1) is 13.8. The van der Waals surface area contributed by atoms with Gasteiger partial charge in [-0.25, -0.2) is 9.78 Å². The molecule has 1 aliphatic heterocycles. The van der Waals surface area contributed by atoms with E-state index in [1.165, 1.54) is 11.3 Å². The van der Waals surface area contributed by atoms with Crippen molar-refractivity contribution in [3.05, 3.63) is 71.2 Å². The number of aromatic nitrogens is 1. The number of ether oxygens (including phenoxy) is 3. The third kappa shape index (κ3) is 4.77. The smallest absolute Gasteiger partial charge is 0.338 e. The first-order valence-corrected chi connectivity index (χ1v) is 10.2. The predicted octanol–water partition coefficient (Wildman–Crippen LogP) is 4.72. The molecule has 144 valence electrons. The number of nitrogens with zero attached hydrogens (tertiary/aromatic N) is 1. The SMILES string of the molecule is O=C(OCc1csc(-c2ccccc2)n1)c1ccc(OC[C@@H]2CCCO2)cc1. The topological polar surface area (TPSA) is 57.7 Å². The number of esters is 1. The van der Waals surface area contributed by atoms with Gasteiger partial charge in [-0.15, -0.1) is 11.3 Å². The van der Waals surface area contributed by atoms with Crippen molar-refractivity contribution in [1.29, 1.82) is 0 Å². The standard InChI is InChI=1S/C22H21NO4S/c24-22(17-8-10-19(11-9-17)26-14-20-7-4-12-25-20)27-13-18-15-28-21(23-18)16-5-2-1-3-6-16/h1-3,5-6,8-11,15,20H,4,7,12-14H2/t20-/m0/s1. The van der Waals surface area contributed by atoms with E-state index in [0.29, 0.717) is 12.2 Å². The molecule has 0 spiro atoms. The van der Waals surface area contributed by atoms with Gasteiger partial charge in [0.25, 0.3) is 0 Å². The number of rotatable bonds is 7. The van der Waals surface area contributed by atoms with Gasteiger partial charge in [0.2, 0.25) is 0 Å². The van der Waals surface area contributed by atoms with Gasteiger partial charge in [0.1, 0.15) is 24.0 Å². The van der Waals surface area contributed by atoms with Gasteiger partial charge >= 0.3 is 5.97 Å².